The van der Waals surface area contributed by atoms with Crippen molar-refractivity contribution in [1.82, 2.24) is 0 Å². The van der Waals surface area contributed by atoms with E-state index in [1.165, 1.54) is 0 Å². The van der Waals surface area contributed by atoms with Gasteiger partial charge in [0.25, 0.3) is 0 Å². The molecule has 1 heterocycles. The summed E-state index contributed by atoms with van der Waals surface area (Å²) in [6.45, 7) is 1.27. The fourth-order valence-corrected chi connectivity index (χ4v) is 2.63. The second-order valence-electron chi connectivity index (χ2n) is 5.65. The van der Waals surface area contributed by atoms with Crippen LogP contribution in [-0.4, -0.2) is 31.6 Å². The summed E-state index contributed by atoms with van der Waals surface area (Å²) in [7, 11) is 0. The Hall–Kier alpha value is -1.75. The van der Waals surface area contributed by atoms with Gasteiger partial charge in [0.05, 0.1) is 26.4 Å². The molecule has 0 unspecified atom stereocenters. The molecule has 0 bridgehead atoms. The van der Waals surface area contributed by atoms with E-state index in [4.69, 9.17) is 14.2 Å². The van der Waals surface area contributed by atoms with Crippen LogP contribution >= 0.6 is 0 Å². The topological polar surface area (TPSA) is 27.7 Å². The van der Waals surface area contributed by atoms with Crippen LogP contribution in [0.1, 0.15) is 11.1 Å². The van der Waals surface area contributed by atoms with Crippen molar-refractivity contribution in [3.05, 3.63) is 71.8 Å². The summed E-state index contributed by atoms with van der Waals surface area (Å²) in [4.78, 5) is 0. The summed E-state index contributed by atoms with van der Waals surface area (Å²) in [5.41, 5.74) is 2.11. The highest BCUT2D eigenvalue weighted by Gasteiger charge is 2.38. The van der Waals surface area contributed by atoms with Crippen LogP contribution in [0.15, 0.2) is 60.7 Å². The van der Waals surface area contributed by atoms with Crippen LogP contribution in [0.25, 0.3) is 0 Å². The van der Waals surface area contributed by atoms with Crippen molar-refractivity contribution >= 4 is 0 Å². The summed E-state index contributed by atoms with van der Waals surface area (Å²) in [6.07, 6.45) is -2.05. The predicted octanol–water partition coefficient (Wildman–Crippen LogP) is 3.53. The normalized spacial score (nSPS) is 24.0. The predicted molar refractivity (Wildman–Crippen MR) is 85.8 cm³/mol. The highest BCUT2D eigenvalue weighted by molar-refractivity contribution is 5.14. The number of hydrogen-bond acceptors (Lipinski definition) is 3. The molecule has 0 aromatic heterocycles. The van der Waals surface area contributed by atoms with Gasteiger partial charge in [-0.25, -0.2) is 4.39 Å². The van der Waals surface area contributed by atoms with Gasteiger partial charge in [0.2, 0.25) is 0 Å². The van der Waals surface area contributed by atoms with Crippen LogP contribution < -0.4 is 0 Å². The fraction of sp³-hybridized carbons (Fsp3) is 0.368. The lowest BCUT2D eigenvalue weighted by Crippen LogP contribution is -2.34. The lowest BCUT2D eigenvalue weighted by atomic mass is 10.1. The van der Waals surface area contributed by atoms with E-state index in [9.17, 15) is 4.39 Å². The zero-order valence-electron chi connectivity index (χ0n) is 12.9. The van der Waals surface area contributed by atoms with Crippen LogP contribution in [0, 0.1) is 0 Å². The van der Waals surface area contributed by atoms with Crippen LogP contribution in [0.5, 0.6) is 0 Å². The van der Waals surface area contributed by atoms with Crippen molar-refractivity contribution in [2.45, 2.75) is 31.6 Å². The Morgan fingerprint density at radius 3 is 2.17 bits per heavy atom. The number of rotatable bonds is 7. The van der Waals surface area contributed by atoms with E-state index < -0.39 is 12.3 Å². The molecule has 122 valence electrons. The molecule has 1 aliphatic rings. The third-order valence-corrected chi connectivity index (χ3v) is 3.87. The third kappa shape index (κ3) is 4.61. The zero-order chi connectivity index (χ0) is 15.9. The maximum atomic E-state index is 14.0. The summed E-state index contributed by atoms with van der Waals surface area (Å²) < 4.78 is 30.9. The Bertz CT molecular complexity index is 576. The van der Waals surface area contributed by atoms with Crippen molar-refractivity contribution in [1.29, 1.82) is 0 Å². The Balaban J connectivity index is 1.48. The van der Waals surface area contributed by atoms with Crippen LogP contribution in [-0.2, 0) is 27.4 Å². The van der Waals surface area contributed by atoms with Crippen LogP contribution in [0.3, 0.4) is 0 Å². The molecule has 3 rings (SSSR count). The van der Waals surface area contributed by atoms with Crippen LogP contribution in [0.2, 0.25) is 0 Å². The minimum Gasteiger partial charge on any atom is -0.374 e. The summed E-state index contributed by atoms with van der Waals surface area (Å²) in [5.74, 6) is 0. The smallest absolute Gasteiger partial charge is 0.152 e. The minimum atomic E-state index is -1.11. The number of benzene rings is 2. The first kappa shape index (κ1) is 16.1. The van der Waals surface area contributed by atoms with Gasteiger partial charge in [-0.2, -0.15) is 0 Å². The quantitative estimate of drug-likeness (QED) is 0.782. The van der Waals surface area contributed by atoms with E-state index in [1.54, 1.807) is 0 Å². The molecule has 1 aliphatic heterocycles. The molecular weight excluding hydrogens is 295 g/mol. The molecule has 0 aliphatic carbocycles. The number of alkyl halides is 1. The zero-order valence-corrected chi connectivity index (χ0v) is 12.9. The molecule has 0 radical (unpaired) electrons. The second kappa shape index (κ2) is 8.20. The molecule has 3 atom stereocenters. The second-order valence-corrected chi connectivity index (χ2v) is 5.65. The summed E-state index contributed by atoms with van der Waals surface area (Å²) in [6, 6.07) is 19.6. The van der Waals surface area contributed by atoms with E-state index >= 15 is 0 Å². The van der Waals surface area contributed by atoms with Gasteiger partial charge in [-0.3, -0.25) is 0 Å². The molecule has 0 amide bonds. The summed E-state index contributed by atoms with van der Waals surface area (Å²) >= 11 is 0. The molecule has 2 aromatic rings. The molecule has 3 nitrogen and oxygen atoms in total. The molecule has 0 saturated carbocycles. The van der Waals surface area contributed by atoms with Crippen molar-refractivity contribution in [2.24, 2.45) is 0 Å². The van der Waals surface area contributed by atoms with Gasteiger partial charge in [0.15, 0.2) is 6.17 Å². The maximum Gasteiger partial charge on any atom is 0.152 e. The number of halogens is 1. The molecule has 2 aromatic carbocycles. The molecule has 1 saturated heterocycles. The first-order chi connectivity index (χ1) is 11.3. The van der Waals surface area contributed by atoms with Gasteiger partial charge in [-0.1, -0.05) is 60.7 Å². The van der Waals surface area contributed by atoms with E-state index in [0.29, 0.717) is 19.8 Å². The molecule has 23 heavy (non-hydrogen) atoms. The lowest BCUT2D eigenvalue weighted by molar-refractivity contribution is -0.0667. The van der Waals surface area contributed by atoms with E-state index in [-0.39, 0.29) is 12.7 Å². The minimum absolute atomic E-state index is 0.0683. The largest absolute Gasteiger partial charge is 0.374 e. The van der Waals surface area contributed by atoms with Crippen molar-refractivity contribution < 1.29 is 18.6 Å². The maximum absolute atomic E-state index is 14.0. The molecule has 0 N–H and O–H groups in total. The fourth-order valence-electron chi connectivity index (χ4n) is 2.63. The van der Waals surface area contributed by atoms with Gasteiger partial charge in [-0.05, 0) is 11.1 Å². The lowest BCUT2D eigenvalue weighted by Gasteiger charge is -2.20. The van der Waals surface area contributed by atoms with Gasteiger partial charge in [-0.15, -0.1) is 0 Å². The highest BCUT2D eigenvalue weighted by Crippen LogP contribution is 2.22. The Morgan fingerprint density at radius 2 is 1.52 bits per heavy atom. The monoisotopic (exact) mass is 316 g/mol. The SMILES string of the molecule is F[C@@H]1CO[C@H](COCc2ccccc2)[C@H]1OCc1ccccc1. The average molecular weight is 316 g/mol. The van der Waals surface area contributed by atoms with Crippen molar-refractivity contribution in [3.63, 3.8) is 0 Å². The van der Waals surface area contributed by atoms with Gasteiger partial charge in [0.1, 0.15) is 12.2 Å². The van der Waals surface area contributed by atoms with E-state index in [0.717, 1.165) is 11.1 Å². The Kier molecular flexibility index (Phi) is 5.75. The standard InChI is InChI=1S/C19H21FO3/c20-17-13-22-18(14-21-11-15-7-3-1-4-8-15)19(17)23-12-16-9-5-2-6-10-16/h1-10,17-19H,11-14H2/t17-,18-,19+/m1/s1. The van der Waals surface area contributed by atoms with Crippen molar-refractivity contribution in [2.75, 3.05) is 13.2 Å². The molecule has 1 fully saturated rings. The molecule has 0 spiro atoms. The first-order valence-electron chi connectivity index (χ1n) is 7.86. The van der Waals surface area contributed by atoms with Gasteiger partial charge in [0, 0.05) is 0 Å². The number of hydrogen-bond donors (Lipinski definition) is 0. The van der Waals surface area contributed by atoms with E-state index in [2.05, 4.69) is 0 Å². The van der Waals surface area contributed by atoms with E-state index in [1.807, 2.05) is 60.7 Å². The summed E-state index contributed by atoms with van der Waals surface area (Å²) in [5, 5.41) is 0. The Labute approximate surface area is 136 Å². The van der Waals surface area contributed by atoms with Crippen LogP contribution in [0.4, 0.5) is 4.39 Å². The third-order valence-electron chi connectivity index (χ3n) is 3.87. The highest BCUT2D eigenvalue weighted by atomic mass is 19.1. The first-order valence-corrected chi connectivity index (χ1v) is 7.86. The molecular formula is C19H21FO3. The van der Waals surface area contributed by atoms with Gasteiger partial charge >= 0.3 is 0 Å². The molecule has 4 heteroatoms. The number of ether oxygens (including phenoxy) is 3. The van der Waals surface area contributed by atoms with Crippen molar-refractivity contribution in [3.8, 4) is 0 Å². The van der Waals surface area contributed by atoms with Gasteiger partial charge < -0.3 is 14.2 Å². The Morgan fingerprint density at radius 1 is 0.913 bits per heavy atom. The average Bonchev–Trinajstić information content (AvgIpc) is 2.95.